The molecule has 0 aromatic heterocycles. The minimum atomic E-state index is -0.00792. The third kappa shape index (κ3) is 3.94. The van der Waals surface area contributed by atoms with Gasteiger partial charge in [0, 0.05) is 0 Å². The van der Waals surface area contributed by atoms with Crippen LogP contribution < -0.4 is 0 Å². The summed E-state index contributed by atoms with van der Waals surface area (Å²) in [5.41, 5.74) is 0. The van der Waals surface area contributed by atoms with Crippen molar-refractivity contribution in [2.24, 2.45) is 23.7 Å². The zero-order valence-electron chi connectivity index (χ0n) is 15.7. The minimum Gasteiger partial charge on any atom is -0.393 e. The van der Waals surface area contributed by atoms with Crippen LogP contribution in [0.4, 0.5) is 0 Å². The molecule has 2 saturated heterocycles. The number of epoxide rings is 2. The molecule has 1 N–H and O–H groups in total. The molecule has 2 aliphatic heterocycles. The number of hydrogen-bond donors (Lipinski definition) is 1. The molecule has 6 atom stereocenters. The molecule has 0 aromatic rings. The molecular formula is C22H36O3. The monoisotopic (exact) mass is 348 g/mol. The lowest BCUT2D eigenvalue weighted by Gasteiger charge is -2.37. The van der Waals surface area contributed by atoms with Gasteiger partial charge in [-0.3, -0.25) is 0 Å². The van der Waals surface area contributed by atoms with Crippen LogP contribution in [0.2, 0.25) is 0 Å². The highest BCUT2D eigenvalue weighted by atomic mass is 16.6. The Morgan fingerprint density at radius 1 is 0.720 bits per heavy atom. The van der Waals surface area contributed by atoms with Crippen molar-refractivity contribution in [3.8, 4) is 0 Å². The molecule has 25 heavy (non-hydrogen) atoms. The van der Waals surface area contributed by atoms with Crippen LogP contribution in [-0.2, 0) is 9.47 Å². The summed E-state index contributed by atoms with van der Waals surface area (Å²) in [7, 11) is 0. The highest BCUT2D eigenvalue weighted by Gasteiger charge is 2.50. The Bertz CT molecular complexity index is 430. The van der Waals surface area contributed by atoms with Crippen LogP contribution in [0.15, 0.2) is 0 Å². The summed E-state index contributed by atoms with van der Waals surface area (Å²) < 4.78 is 11.7. The summed E-state index contributed by atoms with van der Waals surface area (Å²) in [6.07, 6.45) is 19.5. The van der Waals surface area contributed by atoms with Crippen molar-refractivity contribution < 1.29 is 14.6 Å². The van der Waals surface area contributed by atoms with Crippen LogP contribution in [-0.4, -0.2) is 35.6 Å². The second-order valence-electron chi connectivity index (χ2n) is 9.84. The maximum absolute atomic E-state index is 9.71. The SMILES string of the molecule is OC1CCC(CCCC(C2CCC3OC3C2)C2CCC3OC3C2)CC1. The third-order valence-corrected chi connectivity index (χ3v) is 8.27. The molecule has 3 aliphatic carbocycles. The van der Waals surface area contributed by atoms with E-state index in [1.54, 1.807) is 0 Å². The van der Waals surface area contributed by atoms with Gasteiger partial charge in [-0.05, 0) is 94.3 Å². The van der Waals surface area contributed by atoms with Gasteiger partial charge in [0.25, 0.3) is 0 Å². The van der Waals surface area contributed by atoms with Gasteiger partial charge in [-0.1, -0.05) is 12.8 Å². The Morgan fingerprint density at radius 3 is 1.88 bits per heavy atom. The number of fused-ring (bicyclic) bond motifs is 2. The molecule has 5 aliphatic rings. The first-order valence-electron chi connectivity index (χ1n) is 11.2. The van der Waals surface area contributed by atoms with Gasteiger partial charge in [-0.15, -0.1) is 0 Å². The van der Waals surface area contributed by atoms with Crippen LogP contribution in [0.3, 0.4) is 0 Å². The van der Waals surface area contributed by atoms with Gasteiger partial charge in [0.05, 0.1) is 30.5 Å². The number of ether oxygens (including phenoxy) is 2. The summed E-state index contributed by atoms with van der Waals surface area (Å²) in [4.78, 5) is 0. The van der Waals surface area contributed by atoms with E-state index < -0.39 is 0 Å². The van der Waals surface area contributed by atoms with Crippen LogP contribution in [0, 0.1) is 23.7 Å². The summed E-state index contributed by atoms with van der Waals surface area (Å²) >= 11 is 0. The third-order valence-electron chi connectivity index (χ3n) is 8.27. The number of rotatable bonds is 6. The normalized spacial score (nSPS) is 49.8. The highest BCUT2D eigenvalue weighted by Crippen LogP contribution is 2.50. The van der Waals surface area contributed by atoms with E-state index in [1.807, 2.05) is 0 Å². The molecule has 0 aromatic carbocycles. The summed E-state index contributed by atoms with van der Waals surface area (Å²) in [6, 6.07) is 0. The van der Waals surface area contributed by atoms with E-state index in [9.17, 15) is 5.11 Å². The fourth-order valence-corrected chi connectivity index (χ4v) is 6.58. The summed E-state index contributed by atoms with van der Waals surface area (Å²) in [5.74, 6) is 3.63. The highest BCUT2D eigenvalue weighted by molar-refractivity contribution is 4.98. The molecular weight excluding hydrogens is 312 g/mol. The van der Waals surface area contributed by atoms with E-state index in [4.69, 9.17) is 9.47 Å². The van der Waals surface area contributed by atoms with Gasteiger partial charge < -0.3 is 14.6 Å². The zero-order chi connectivity index (χ0) is 16.8. The molecule has 3 nitrogen and oxygen atoms in total. The lowest BCUT2D eigenvalue weighted by atomic mass is 9.67. The van der Waals surface area contributed by atoms with Crippen molar-refractivity contribution in [2.75, 3.05) is 0 Å². The Hall–Kier alpha value is -0.120. The molecule has 5 rings (SSSR count). The van der Waals surface area contributed by atoms with Crippen LogP contribution in [0.25, 0.3) is 0 Å². The second-order valence-corrected chi connectivity index (χ2v) is 9.84. The molecule has 0 spiro atoms. The predicted molar refractivity (Wildman–Crippen MR) is 97.3 cm³/mol. The molecule has 3 saturated carbocycles. The van der Waals surface area contributed by atoms with Crippen molar-refractivity contribution in [3.63, 3.8) is 0 Å². The molecule has 0 radical (unpaired) electrons. The molecule has 142 valence electrons. The van der Waals surface area contributed by atoms with Crippen molar-refractivity contribution in [3.05, 3.63) is 0 Å². The first-order chi connectivity index (χ1) is 12.3. The van der Waals surface area contributed by atoms with Crippen LogP contribution in [0.1, 0.15) is 83.5 Å². The maximum atomic E-state index is 9.71. The molecule has 3 heteroatoms. The first-order valence-corrected chi connectivity index (χ1v) is 11.2. The van der Waals surface area contributed by atoms with Crippen LogP contribution in [0.5, 0.6) is 0 Å². The molecule has 6 unspecified atom stereocenters. The Labute approximate surface area is 152 Å². The van der Waals surface area contributed by atoms with Gasteiger partial charge in [-0.25, -0.2) is 0 Å². The predicted octanol–water partition coefficient (Wildman–Crippen LogP) is 4.46. The van der Waals surface area contributed by atoms with E-state index >= 15 is 0 Å². The lowest BCUT2D eigenvalue weighted by molar-refractivity contribution is 0.102. The number of aliphatic hydroxyl groups excluding tert-OH is 1. The standard InChI is InChI=1S/C22H36O3/c23-17-8-4-14(5-9-17)2-1-3-18(15-6-10-19-21(12-15)24-19)16-7-11-20-22(13-16)25-20/h14-23H,1-13H2. The largest absolute Gasteiger partial charge is 0.393 e. The minimum absolute atomic E-state index is 0.00792. The van der Waals surface area contributed by atoms with Gasteiger partial charge in [0.15, 0.2) is 0 Å². The average molecular weight is 349 g/mol. The van der Waals surface area contributed by atoms with Gasteiger partial charge in [-0.2, -0.15) is 0 Å². The summed E-state index contributed by atoms with van der Waals surface area (Å²) in [5, 5.41) is 9.71. The fraction of sp³-hybridized carbons (Fsp3) is 1.00. The number of hydrogen-bond acceptors (Lipinski definition) is 3. The Balaban J connectivity index is 1.16. The van der Waals surface area contributed by atoms with Crippen LogP contribution >= 0.6 is 0 Å². The average Bonchev–Trinajstić information content (AvgIpc) is 3.53. The first kappa shape index (κ1) is 17.0. The van der Waals surface area contributed by atoms with E-state index in [1.165, 1.54) is 70.6 Å². The zero-order valence-corrected chi connectivity index (χ0v) is 15.7. The van der Waals surface area contributed by atoms with Gasteiger partial charge in [0.2, 0.25) is 0 Å². The summed E-state index contributed by atoms with van der Waals surface area (Å²) in [6.45, 7) is 0. The van der Waals surface area contributed by atoms with Gasteiger partial charge in [0.1, 0.15) is 0 Å². The molecule has 0 bridgehead atoms. The molecule has 5 fully saturated rings. The van der Waals surface area contributed by atoms with Crippen molar-refractivity contribution >= 4 is 0 Å². The number of aliphatic hydroxyl groups is 1. The molecule has 0 amide bonds. The topological polar surface area (TPSA) is 45.3 Å². The van der Waals surface area contributed by atoms with Crippen molar-refractivity contribution in [1.29, 1.82) is 0 Å². The maximum Gasteiger partial charge on any atom is 0.0844 e. The second kappa shape index (κ2) is 7.13. The molecule has 2 heterocycles. The lowest BCUT2D eigenvalue weighted by Crippen LogP contribution is -2.31. The van der Waals surface area contributed by atoms with E-state index in [0.29, 0.717) is 24.4 Å². The van der Waals surface area contributed by atoms with E-state index in [0.717, 1.165) is 36.5 Å². The van der Waals surface area contributed by atoms with Gasteiger partial charge >= 0.3 is 0 Å². The Morgan fingerprint density at radius 2 is 1.32 bits per heavy atom. The van der Waals surface area contributed by atoms with E-state index in [-0.39, 0.29) is 6.10 Å². The smallest absolute Gasteiger partial charge is 0.0844 e. The Kier molecular flexibility index (Phi) is 4.85. The van der Waals surface area contributed by atoms with E-state index in [2.05, 4.69) is 0 Å². The fourth-order valence-electron chi connectivity index (χ4n) is 6.58. The van der Waals surface area contributed by atoms with Crippen molar-refractivity contribution in [1.82, 2.24) is 0 Å². The van der Waals surface area contributed by atoms with Crippen molar-refractivity contribution in [2.45, 2.75) is 114 Å². The quantitative estimate of drug-likeness (QED) is 0.721.